The number of nitrogens with zero attached hydrogens (tertiary/aromatic N) is 2. The fourth-order valence-corrected chi connectivity index (χ4v) is 5.89. The third-order valence-corrected chi connectivity index (χ3v) is 7.19. The minimum absolute atomic E-state index is 0.460. The first-order chi connectivity index (χ1) is 11.2. The van der Waals surface area contributed by atoms with Gasteiger partial charge in [0.05, 0.1) is 33.0 Å². The van der Waals surface area contributed by atoms with E-state index in [4.69, 9.17) is 27.5 Å². The van der Waals surface area contributed by atoms with Gasteiger partial charge in [0.1, 0.15) is 11.2 Å². The summed E-state index contributed by atoms with van der Waals surface area (Å²) in [6, 6.07) is 0. The van der Waals surface area contributed by atoms with E-state index in [9.17, 15) is 0 Å². The fraction of sp³-hybridized carbons (Fsp3) is 1.00. The average molecular weight is 391 g/mol. The molecule has 1 unspecified atom stereocenters. The lowest BCUT2D eigenvalue weighted by atomic mass is 10.9. The molecule has 0 aliphatic rings. The summed E-state index contributed by atoms with van der Waals surface area (Å²) in [6.45, 7) is 14.4. The van der Waals surface area contributed by atoms with Crippen molar-refractivity contribution in [1.82, 2.24) is 4.60 Å². The van der Waals surface area contributed by atoms with E-state index in [1.54, 1.807) is 4.60 Å². The molecule has 138 valence electrons. The molecule has 0 aliphatic heterocycles. The Bertz CT molecular complexity index is 303. The second-order valence-corrected chi connectivity index (χ2v) is 8.08. The van der Waals surface area contributed by atoms with Gasteiger partial charge in [-0.15, -0.1) is 4.52 Å². The molecule has 0 amide bonds. The van der Waals surface area contributed by atoms with Gasteiger partial charge < -0.3 is 18.1 Å². The van der Waals surface area contributed by atoms with Crippen LogP contribution in [-0.4, -0.2) is 44.2 Å². The maximum absolute atomic E-state index is 5.76. The molecule has 0 fully saturated rings. The molecular formula is C12H30N2O6P3+. The van der Waals surface area contributed by atoms with E-state index in [0.29, 0.717) is 39.6 Å². The highest BCUT2D eigenvalue weighted by molar-refractivity contribution is 7.62. The zero-order chi connectivity index (χ0) is 17.5. The molecule has 0 radical (unpaired) electrons. The van der Waals surface area contributed by atoms with Crippen LogP contribution in [0.3, 0.4) is 0 Å². The standard InChI is InChI=1S/C12H30N2O6P3/c1-7-15-14(23(19-11-5)20-12-6)21(16-8-2)13-22(17-9-3)18-10-4/h7-12H2,1-6H3/q+1. The van der Waals surface area contributed by atoms with Crippen molar-refractivity contribution in [3.8, 4) is 0 Å². The highest BCUT2D eigenvalue weighted by atomic mass is 31.2. The molecule has 23 heavy (non-hydrogen) atoms. The summed E-state index contributed by atoms with van der Waals surface area (Å²) in [4.78, 5) is 5.70. The van der Waals surface area contributed by atoms with Crippen molar-refractivity contribution >= 4 is 25.1 Å². The van der Waals surface area contributed by atoms with Crippen molar-refractivity contribution in [1.29, 1.82) is 0 Å². The molecule has 0 aromatic rings. The van der Waals surface area contributed by atoms with Gasteiger partial charge in [0.2, 0.25) is 0 Å². The summed E-state index contributed by atoms with van der Waals surface area (Å²) in [5.41, 5.74) is 0. The van der Waals surface area contributed by atoms with Crippen LogP contribution >= 0.6 is 25.1 Å². The third kappa shape index (κ3) is 10.3. The molecule has 0 aromatic heterocycles. The lowest BCUT2D eigenvalue weighted by Crippen LogP contribution is -2.15. The van der Waals surface area contributed by atoms with E-state index >= 15 is 0 Å². The van der Waals surface area contributed by atoms with Crippen LogP contribution in [0.4, 0.5) is 0 Å². The maximum atomic E-state index is 5.76. The Hall–Kier alpha value is 0.680. The van der Waals surface area contributed by atoms with Gasteiger partial charge in [-0.1, -0.05) is 0 Å². The second kappa shape index (κ2) is 16.2. The van der Waals surface area contributed by atoms with E-state index < -0.39 is 25.1 Å². The van der Waals surface area contributed by atoms with Gasteiger partial charge in [-0.25, -0.2) is 0 Å². The van der Waals surface area contributed by atoms with Gasteiger partial charge in [0, 0.05) is 4.52 Å². The summed E-state index contributed by atoms with van der Waals surface area (Å²) in [6.07, 6.45) is 0. The van der Waals surface area contributed by atoms with Crippen LogP contribution in [0.1, 0.15) is 41.5 Å². The molecular weight excluding hydrogens is 361 g/mol. The van der Waals surface area contributed by atoms with Gasteiger partial charge >= 0.3 is 25.1 Å². The zero-order valence-electron chi connectivity index (χ0n) is 14.9. The Morgan fingerprint density at radius 1 is 0.739 bits per heavy atom. The average Bonchev–Trinajstić information content (AvgIpc) is 2.52. The summed E-state index contributed by atoms with van der Waals surface area (Å²) >= 11 is 0. The van der Waals surface area contributed by atoms with Gasteiger partial charge in [0.15, 0.2) is 0 Å². The van der Waals surface area contributed by atoms with Crippen molar-refractivity contribution in [2.24, 2.45) is 4.52 Å². The normalized spacial score (nSPS) is 12.8. The first-order valence-corrected chi connectivity index (χ1v) is 11.3. The first-order valence-electron chi connectivity index (χ1n) is 7.87. The first kappa shape index (κ1) is 23.7. The quantitative estimate of drug-likeness (QED) is 0.274. The Morgan fingerprint density at radius 3 is 1.65 bits per heavy atom. The molecule has 8 nitrogen and oxygen atoms in total. The van der Waals surface area contributed by atoms with Crippen molar-refractivity contribution in [3.63, 3.8) is 0 Å². The minimum atomic E-state index is -1.46. The molecule has 0 aromatic carbocycles. The zero-order valence-corrected chi connectivity index (χ0v) is 17.6. The van der Waals surface area contributed by atoms with Gasteiger partial charge in [0.25, 0.3) is 0 Å². The molecule has 0 N–H and O–H groups in total. The Kier molecular flexibility index (Phi) is 16.6. The molecule has 0 saturated carbocycles. The summed E-state index contributed by atoms with van der Waals surface area (Å²) in [7, 11) is -4.26. The Balaban J connectivity index is 5.38. The van der Waals surface area contributed by atoms with Crippen molar-refractivity contribution in [3.05, 3.63) is 0 Å². The van der Waals surface area contributed by atoms with E-state index in [2.05, 4.69) is 4.52 Å². The molecule has 1 atom stereocenters. The smallest absolute Gasteiger partial charge is 0.318 e. The van der Waals surface area contributed by atoms with Crippen LogP contribution in [0.25, 0.3) is 0 Å². The highest BCUT2D eigenvalue weighted by Crippen LogP contribution is 2.58. The molecule has 0 rings (SSSR count). The largest absolute Gasteiger partial charge is 0.521 e. The number of hydrogen-bond acceptors (Lipinski definition) is 7. The monoisotopic (exact) mass is 391 g/mol. The van der Waals surface area contributed by atoms with Crippen molar-refractivity contribution in [2.75, 3.05) is 39.6 Å². The minimum Gasteiger partial charge on any atom is -0.318 e. The van der Waals surface area contributed by atoms with E-state index in [1.807, 2.05) is 41.5 Å². The predicted octanol–water partition coefficient (Wildman–Crippen LogP) is 5.37. The molecule has 0 saturated heterocycles. The molecule has 11 heteroatoms. The molecule has 0 spiro atoms. The van der Waals surface area contributed by atoms with Crippen molar-refractivity contribution in [2.45, 2.75) is 41.5 Å². The van der Waals surface area contributed by atoms with Crippen LogP contribution < -0.4 is 0 Å². The molecule has 0 bridgehead atoms. The summed E-state index contributed by atoms with van der Waals surface area (Å²) < 4.78 is 34.4. The van der Waals surface area contributed by atoms with Gasteiger partial charge in [-0.05, 0) is 41.5 Å². The van der Waals surface area contributed by atoms with E-state index in [0.717, 1.165) is 0 Å². The number of rotatable bonds is 15. The van der Waals surface area contributed by atoms with E-state index in [-0.39, 0.29) is 0 Å². The highest BCUT2D eigenvalue weighted by Gasteiger charge is 2.41. The summed E-state index contributed by atoms with van der Waals surface area (Å²) in [5.74, 6) is 0. The van der Waals surface area contributed by atoms with Crippen LogP contribution in [0.15, 0.2) is 4.52 Å². The lowest BCUT2D eigenvalue weighted by Gasteiger charge is -2.19. The fourth-order valence-electron chi connectivity index (χ4n) is 1.23. The van der Waals surface area contributed by atoms with Crippen LogP contribution in [0.2, 0.25) is 0 Å². The van der Waals surface area contributed by atoms with Crippen LogP contribution in [-0.2, 0) is 27.5 Å². The third-order valence-electron chi connectivity index (χ3n) is 1.88. The van der Waals surface area contributed by atoms with Crippen LogP contribution in [0.5, 0.6) is 0 Å². The van der Waals surface area contributed by atoms with Crippen LogP contribution in [0, 0.1) is 0 Å². The second-order valence-electron chi connectivity index (χ2n) is 3.58. The maximum Gasteiger partial charge on any atom is 0.521 e. The summed E-state index contributed by atoms with van der Waals surface area (Å²) in [5, 5.41) is 0. The lowest BCUT2D eigenvalue weighted by molar-refractivity contribution is -0.0297. The van der Waals surface area contributed by atoms with Crippen molar-refractivity contribution < 1.29 is 27.5 Å². The SMILES string of the molecule is CCON(P(OCC)OCC)[P+](=NP(OCC)OCC)OCC. The van der Waals surface area contributed by atoms with Gasteiger partial charge in [-0.2, -0.15) is 0 Å². The van der Waals surface area contributed by atoms with E-state index in [1.165, 1.54) is 0 Å². The molecule has 0 heterocycles. The Labute approximate surface area is 143 Å². The van der Waals surface area contributed by atoms with Gasteiger partial charge in [-0.3, -0.25) is 4.84 Å². The topological polar surface area (TPSA) is 71.0 Å². The molecule has 0 aliphatic carbocycles. The number of hydrogen-bond donors (Lipinski definition) is 0. The predicted molar refractivity (Wildman–Crippen MR) is 94.8 cm³/mol. The Morgan fingerprint density at radius 2 is 1.26 bits per heavy atom.